The van der Waals surface area contributed by atoms with Crippen LogP contribution in [0.3, 0.4) is 0 Å². The molecule has 13 heavy (non-hydrogen) atoms. The first-order valence-electron chi connectivity index (χ1n) is 3.93. The molecule has 0 aromatic heterocycles. The van der Waals surface area contributed by atoms with Crippen LogP contribution < -0.4 is 7.35 Å². The van der Waals surface area contributed by atoms with Gasteiger partial charge in [-0.2, -0.15) is 0 Å². The van der Waals surface area contributed by atoms with E-state index in [1.165, 1.54) is 0 Å². The molecule has 0 aromatic rings. The monoisotopic (exact) mass is 263 g/mol. The number of carbonyl (C=O) groups is 3. The van der Waals surface area contributed by atoms with Gasteiger partial charge in [0.1, 0.15) is 0 Å². The molecule has 0 aliphatic heterocycles. The second kappa shape index (κ2) is 8.13. The Morgan fingerprint density at radius 2 is 1.85 bits per heavy atom. The van der Waals surface area contributed by atoms with Gasteiger partial charge in [0.25, 0.3) is 0 Å². The van der Waals surface area contributed by atoms with Gasteiger partial charge in [-0.3, -0.25) is 0 Å². The molecule has 0 aliphatic carbocycles. The maximum absolute atomic E-state index is 11.0. The molecule has 0 saturated heterocycles. The van der Waals surface area contributed by atoms with Crippen molar-refractivity contribution < 1.29 is 42.8 Å². The first-order chi connectivity index (χ1) is 6.24. The summed E-state index contributed by atoms with van der Waals surface area (Å²) in [4.78, 5) is 31.2. The van der Waals surface area contributed by atoms with Crippen LogP contribution in [0.2, 0.25) is 0 Å². The SMILES string of the molecule is CCCC(=O)[NH][Y]([NH]C=O)[NH]C=O. The number of nitrogens with one attached hydrogen (secondary N) is 3. The predicted molar refractivity (Wildman–Crippen MR) is 41.5 cm³/mol. The summed E-state index contributed by atoms with van der Waals surface area (Å²) in [6, 6.07) is 0. The van der Waals surface area contributed by atoms with Gasteiger partial charge in [-0.1, -0.05) is 0 Å². The fraction of sp³-hybridized carbons (Fsp3) is 0.500. The third-order valence-corrected chi connectivity index (χ3v) is 5.06. The van der Waals surface area contributed by atoms with Gasteiger partial charge in [0, 0.05) is 0 Å². The van der Waals surface area contributed by atoms with Crippen molar-refractivity contribution in [2.45, 2.75) is 19.8 Å². The molecule has 0 atom stereocenters. The van der Waals surface area contributed by atoms with E-state index in [9.17, 15) is 14.4 Å². The van der Waals surface area contributed by atoms with Crippen LogP contribution >= 0.6 is 0 Å². The third kappa shape index (κ3) is 6.66. The van der Waals surface area contributed by atoms with Gasteiger partial charge in [0.05, 0.1) is 0 Å². The van der Waals surface area contributed by atoms with E-state index in [1.54, 1.807) is 0 Å². The summed E-state index contributed by atoms with van der Waals surface area (Å²) in [5.41, 5.74) is 0. The van der Waals surface area contributed by atoms with Crippen molar-refractivity contribution in [3.8, 4) is 0 Å². The number of amides is 3. The Morgan fingerprint density at radius 1 is 1.31 bits per heavy atom. The molecule has 0 saturated carbocycles. The van der Waals surface area contributed by atoms with Gasteiger partial charge in [-0.05, 0) is 0 Å². The summed E-state index contributed by atoms with van der Waals surface area (Å²) < 4.78 is 7.46. The fourth-order valence-corrected chi connectivity index (χ4v) is 3.19. The Kier molecular flexibility index (Phi) is 7.82. The third-order valence-electron chi connectivity index (χ3n) is 1.25. The Balaban J connectivity index is 3.84. The predicted octanol–water partition coefficient (Wildman–Crippen LogP) is -1.24. The number of rotatable bonds is 7. The van der Waals surface area contributed by atoms with E-state index in [0.717, 1.165) is 6.42 Å². The molecule has 0 bridgehead atoms. The molecule has 3 N–H and O–H groups in total. The molecule has 0 spiro atoms. The molecular weight excluding hydrogens is 251 g/mol. The number of carbonyl (C=O) groups excluding carboxylic acids is 3. The summed E-state index contributed by atoms with van der Waals surface area (Å²) in [6.45, 7) is 1.88. The molecule has 6 nitrogen and oxygen atoms in total. The summed E-state index contributed by atoms with van der Waals surface area (Å²) in [6.07, 6.45) is 2.13. The van der Waals surface area contributed by atoms with Gasteiger partial charge >= 0.3 is 88.7 Å². The Hall–Kier alpha value is -0.486. The van der Waals surface area contributed by atoms with Crippen molar-refractivity contribution in [1.29, 1.82) is 0 Å². The van der Waals surface area contributed by atoms with E-state index in [1.807, 2.05) is 6.92 Å². The molecule has 7 heteroatoms. The number of hydrogen-bond acceptors (Lipinski definition) is 3. The first kappa shape index (κ1) is 12.5. The summed E-state index contributed by atoms with van der Waals surface area (Å²) in [5.74, 6) is -0.132. The van der Waals surface area contributed by atoms with Crippen LogP contribution in [0.4, 0.5) is 0 Å². The Bertz CT molecular complexity index is 178. The Morgan fingerprint density at radius 3 is 2.23 bits per heavy atom. The van der Waals surface area contributed by atoms with Crippen molar-refractivity contribution in [3.05, 3.63) is 0 Å². The van der Waals surface area contributed by atoms with Crippen molar-refractivity contribution in [3.63, 3.8) is 0 Å². The molecule has 0 unspecified atom stereocenters. The van der Waals surface area contributed by atoms with Gasteiger partial charge in [0.15, 0.2) is 0 Å². The maximum atomic E-state index is 11.0. The molecular formula is C6H12N3O3Y. The molecule has 0 radical (unpaired) electrons. The summed E-state index contributed by atoms with van der Waals surface area (Å²) >= 11 is -2.84. The Labute approximate surface area is 88.4 Å². The van der Waals surface area contributed by atoms with E-state index >= 15 is 0 Å². The van der Waals surface area contributed by atoms with Crippen molar-refractivity contribution in [2.75, 3.05) is 0 Å². The van der Waals surface area contributed by atoms with Crippen molar-refractivity contribution in [2.24, 2.45) is 0 Å². The second-order valence-corrected chi connectivity index (χ2v) is 6.80. The van der Waals surface area contributed by atoms with Gasteiger partial charge in [-0.15, -0.1) is 0 Å². The van der Waals surface area contributed by atoms with E-state index in [-0.39, 0.29) is 5.91 Å². The minimum atomic E-state index is -2.84. The average Bonchev–Trinajstić information content (AvgIpc) is 2.05. The van der Waals surface area contributed by atoms with Crippen molar-refractivity contribution >= 4 is 18.7 Å². The molecule has 0 fully saturated rings. The minimum absolute atomic E-state index is 0.132. The van der Waals surface area contributed by atoms with Crippen LogP contribution in [0.25, 0.3) is 0 Å². The second-order valence-electron chi connectivity index (χ2n) is 2.32. The van der Waals surface area contributed by atoms with E-state index in [0.29, 0.717) is 19.2 Å². The van der Waals surface area contributed by atoms with Gasteiger partial charge in [0.2, 0.25) is 0 Å². The van der Waals surface area contributed by atoms with E-state index in [2.05, 4.69) is 7.35 Å². The first-order valence-corrected chi connectivity index (χ1v) is 8.19. The van der Waals surface area contributed by atoms with Crippen LogP contribution in [0.1, 0.15) is 19.8 Å². The zero-order valence-corrected chi connectivity index (χ0v) is 10.2. The topological polar surface area (TPSA) is 87.3 Å². The van der Waals surface area contributed by atoms with Crippen LogP contribution in [-0.4, -0.2) is 18.7 Å². The zero-order chi connectivity index (χ0) is 10.1. The molecule has 0 aromatic carbocycles. The van der Waals surface area contributed by atoms with Gasteiger partial charge < -0.3 is 0 Å². The van der Waals surface area contributed by atoms with Gasteiger partial charge in [-0.25, -0.2) is 0 Å². The van der Waals surface area contributed by atoms with E-state index < -0.39 is 28.5 Å². The molecule has 72 valence electrons. The standard InChI is InChI=1S/C4H9NO.2CH3NO.Y/c1-2-3-4(5)6;2*2-1-3;/h2-3H2,1H3,(H2,5,6);2*1H,(H2,2,3);/q;;;+3/p-3. The van der Waals surface area contributed by atoms with Crippen LogP contribution in [0, 0.1) is 0 Å². The van der Waals surface area contributed by atoms with Crippen LogP contribution in [0.5, 0.6) is 0 Å². The molecule has 3 amide bonds. The average molecular weight is 263 g/mol. The number of hydrogen-bond donors (Lipinski definition) is 3. The normalized spacial score (nSPS) is 8.38. The summed E-state index contributed by atoms with van der Waals surface area (Å²) in [7, 11) is 0. The van der Waals surface area contributed by atoms with Crippen LogP contribution in [0.15, 0.2) is 0 Å². The molecule has 0 aliphatic rings. The molecule has 0 rings (SSSR count). The van der Waals surface area contributed by atoms with E-state index in [4.69, 9.17) is 0 Å². The fourth-order valence-electron chi connectivity index (χ4n) is 0.728. The quantitative estimate of drug-likeness (QED) is 0.502. The molecule has 0 heterocycles. The van der Waals surface area contributed by atoms with Crippen LogP contribution in [-0.2, 0) is 42.8 Å². The summed E-state index contributed by atoms with van der Waals surface area (Å²) in [5, 5.41) is 0. The zero-order valence-electron chi connectivity index (χ0n) is 7.37. The van der Waals surface area contributed by atoms with Crippen molar-refractivity contribution in [1.82, 2.24) is 7.35 Å².